The molecule has 0 aromatic heterocycles. The Bertz CT molecular complexity index is 510. The Morgan fingerprint density at radius 1 is 1.45 bits per heavy atom. The van der Waals surface area contributed by atoms with Crippen LogP contribution < -0.4 is 11.1 Å². The van der Waals surface area contributed by atoms with Gasteiger partial charge < -0.3 is 15.8 Å². The van der Waals surface area contributed by atoms with Crippen LogP contribution in [-0.4, -0.2) is 49.2 Å². The number of carbonyl (C=O) groups excluding carboxylic acids is 1. The third-order valence-corrected chi connectivity index (χ3v) is 3.54. The minimum absolute atomic E-state index is 0.161. The van der Waals surface area contributed by atoms with Gasteiger partial charge in [-0.15, -0.1) is 0 Å². The minimum atomic E-state index is -0.526. The van der Waals surface area contributed by atoms with E-state index in [0.717, 1.165) is 0 Å². The number of hydrogen-bond acceptors (Lipinski definition) is 4. The number of amides is 1. The van der Waals surface area contributed by atoms with Crippen molar-refractivity contribution in [2.24, 2.45) is 5.73 Å². The van der Waals surface area contributed by atoms with Gasteiger partial charge in [0, 0.05) is 25.2 Å². The molecular weight excluding hydrogens is 285 g/mol. The number of halogens is 1. The Kier molecular flexibility index (Phi) is 5.50. The van der Waals surface area contributed by atoms with Crippen molar-refractivity contribution in [1.82, 2.24) is 10.2 Å². The third kappa shape index (κ3) is 4.76. The van der Waals surface area contributed by atoms with Gasteiger partial charge in [0.2, 0.25) is 5.91 Å². The van der Waals surface area contributed by atoms with Gasteiger partial charge in [0.05, 0.1) is 13.2 Å². The zero-order chi connectivity index (χ0) is 16.2. The molecule has 122 valence electrons. The van der Waals surface area contributed by atoms with Crippen LogP contribution in [0, 0.1) is 5.82 Å². The number of nitrogens with two attached hydrogens (primary N) is 1. The predicted octanol–water partition coefficient (Wildman–Crippen LogP) is 1.05. The summed E-state index contributed by atoms with van der Waals surface area (Å²) in [6.45, 7) is 6.48. The van der Waals surface area contributed by atoms with E-state index >= 15 is 0 Å². The average Bonchev–Trinajstić information content (AvgIpc) is 2.46. The van der Waals surface area contributed by atoms with E-state index in [4.69, 9.17) is 10.5 Å². The summed E-state index contributed by atoms with van der Waals surface area (Å²) in [5, 5.41) is 2.87. The molecule has 0 spiro atoms. The first kappa shape index (κ1) is 16.9. The molecule has 1 heterocycles. The molecule has 1 fully saturated rings. The lowest BCUT2D eigenvalue weighted by molar-refractivity contribution is -0.128. The molecule has 1 aliphatic heterocycles. The van der Waals surface area contributed by atoms with E-state index in [1.807, 2.05) is 18.7 Å². The maximum atomic E-state index is 13.5. The number of ether oxygens (including phenoxy) is 1. The summed E-state index contributed by atoms with van der Waals surface area (Å²) in [4.78, 5) is 14.6. The van der Waals surface area contributed by atoms with Crippen LogP contribution >= 0.6 is 0 Å². The van der Waals surface area contributed by atoms with E-state index < -0.39 is 11.6 Å². The SMILES string of the molecule is CC(C)(N)CNC(=O)C(c1cccc(F)c1)N1CCOCC1. The number of carbonyl (C=O) groups is 1. The van der Waals surface area contributed by atoms with Crippen molar-refractivity contribution in [2.45, 2.75) is 25.4 Å². The summed E-state index contributed by atoms with van der Waals surface area (Å²) in [6.07, 6.45) is 0. The van der Waals surface area contributed by atoms with Crippen LogP contribution in [0.5, 0.6) is 0 Å². The number of morpholine rings is 1. The minimum Gasteiger partial charge on any atom is -0.379 e. The Hall–Kier alpha value is -1.50. The monoisotopic (exact) mass is 309 g/mol. The fourth-order valence-corrected chi connectivity index (χ4v) is 2.45. The van der Waals surface area contributed by atoms with Crippen molar-refractivity contribution in [3.8, 4) is 0 Å². The van der Waals surface area contributed by atoms with Gasteiger partial charge in [-0.2, -0.15) is 0 Å². The molecule has 0 bridgehead atoms. The molecule has 1 aromatic rings. The van der Waals surface area contributed by atoms with E-state index in [0.29, 0.717) is 38.4 Å². The molecular formula is C16H24FN3O2. The highest BCUT2D eigenvalue weighted by atomic mass is 19.1. The van der Waals surface area contributed by atoms with Gasteiger partial charge in [-0.1, -0.05) is 12.1 Å². The topological polar surface area (TPSA) is 67.6 Å². The van der Waals surface area contributed by atoms with E-state index in [2.05, 4.69) is 5.32 Å². The molecule has 5 nitrogen and oxygen atoms in total. The third-order valence-electron chi connectivity index (χ3n) is 3.54. The molecule has 6 heteroatoms. The van der Waals surface area contributed by atoms with Gasteiger partial charge in [-0.25, -0.2) is 4.39 Å². The molecule has 1 aliphatic rings. The second kappa shape index (κ2) is 7.17. The summed E-state index contributed by atoms with van der Waals surface area (Å²) in [7, 11) is 0. The van der Waals surface area contributed by atoms with Crippen LogP contribution in [0.25, 0.3) is 0 Å². The fourth-order valence-electron chi connectivity index (χ4n) is 2.45. The highest BCUT2D eigenvalue weighted by Crippen LogP contribution is 2.23. The molecule has 0 radical (unpaired) electrons. The first-order chi connectivity index (χ1) is 10.4. The standard InChI is InChI=1S/C16H24FN3O2/c1-16(2,18)11-19-15(21)14(20-6-8-22-9-7-20)12-4-3-5-13(17)10-12/h3-5,10,14H,6-9,11,18H2,1-2H3,(H,19,21). The summed E-state index contributed by atoms with van der Waals surface area (Å²) in [6, 6.07) is 5.66. The van der Waals surface area contributed by atoms with Crippen LogP contribution in [0.2, 0.25) is 0 Å². The van der Waals surface area contributed by atoms with Crippen LogP contribution in [0.1, 0.15) is 25.5 Å². The lowest BCUT2D eigenvalue weighted by Crippen LogP contribution is -2.50. The Labute approximate surface area is 130 Å². The van der Waals surface area contributed by atoms with E-state index in [9.17, 15) is 9.18 Å². The molecule has 22 heavy (non-hydrogen) atoms. The maximum Gasteiger partial charge on any atom is 0.242 e. The molecule has 2 rings (SSSR count). The Balaban J connectivity index is 2.19. The van der Waals surface area contributed by atoms with E-state index in [-0.39, 0.29) is 11.7 Å². The highest BCUT2D eigenvalue weighted by molar-refractivity contribution is 5.83. The summed E-state index contributed by atoms with van der Waals surface area (Å²) in [5.41, 5.74) is 6.07. The first-order valence-electron chi connectivity index (χ1n) is 7.51. The fraction of sp³-hybridized carbons (Fsp3) is 0.562. The van der Waals surface area contributed by atoms with Crippen molar-refractivity contribution in [2.75, 3.05) is 32.8 Å². The summed E-state index contributed by atoms with van der Waals surface area (Å²) >= 11 is 0. The van der Waals surface area contributed by atoms with Crippen molar-refractivity contribution < 1.29 is 13.9 Å². The zero-order valence-electron chi connectivity index (χ0n) is 13.1. The second-order valence-electron chi connectivity index (χ2n) is 6.31. The lowest BCUT2D eigenvalue weighted by Gasteiger charge is -2.34. The Morgan fingerprint density at radius 3 is 2.73 bits per heavy atom. The van der Waals surface area contributed by atoms with Crippen molar-refractivity contribution >= 4 is 5.91 Å². The molecule has 1 unspecified atom stereocenters. The number of benzene rings is 1. The molecule has 1 atom stereocenters. The molecule has 1 aromatic carbocycles. The van der Waals surface area contributed by atoms with Gasteiger partial charge in [-0.3, -0.25) is 9.69 Å². The van der Waals surface area contributed by atoms with Crippen LogP contribution in [-0.2, 0) is 9.53 Å². The van der Waals surface area contributed by atoms with Gasteiger partial charge in [0.1, 0.15) is 11.9 Å². The van der Waals surface area contributed by atoms with Gasteiger partial charge >= 0.3 is 0 Å². The van der Waals surface area contributed by atoms with Gasteiger partial charge in [-0.05, 0) is 31.5 Å². The second-order valence-corrected chi connectivity index (χ2v) is 6.31. The normalized spacial score (nSPS) is 18.0. The van der Waals surface area contributed by atoms with E-state index in [1.165, 1.54) is 12.1 Å². The van der Waals surface area contributed by atoms with Crippen molar-refractivity contribution in [3.63, 3.8) is 0 Å². The first-order valence-corrected chi connectivity index (χ1v) is 7.51. The molecule has 0 saturated carbocycles. The van der Waals surface area contributed by atoms with Crippen molar-refractivity contribution in [1.29, 1.82) is 0 Å². The Morgan fingerprint density at radius 2 is 2.14 bits per heavy atom. The molecule has 1 saturated heterocycles. The number of nitrogens with zero attached hydrogens (tertiary/aromatic N) is 1. The number of hydrogen-bond donors (Lipinski definition) is 2. The van der Waals surface area contributed by atoms with Crippen LogP contribution in [0.3, 0.4) is 0 Å². The highest BCUT2D eigenvalue weighted by Gasteiger charge is 2.29. The number of rotatable bonds is 5. The van der Waals surface area contributed by atoms with Crippen LogP contribution in [0.15, 0.2) is 24.3 Å². The predicted molar refractivity (Wildman–Crippen MR) is 82.8 cm³/mol. The molecule has 0 aliphatic carbocycles. The quantitative estimate of drug-likeness (QED) is 0.853. The van der Waals surface area contributed by atoms with Gasteiger partial charge in [0.25, 0.3) is 0 Å². The summed E-state index contributed by atoms with van der Waals surface area (Å²) in [5.74, 6) is -0.506. The number of nitrogens with one attached hydrogen (secondary N) is 1. The molecule has 3 N–H and O–H groups in total. The van der Waals surface area contributed by atoms with E-state index in [1.54, 1.807) is 12.1 Å². The maximum absolute atomic E-state index is 13.5. The smallest absolute Gasteiger partial charge is 0.242 e. The largest absolute Gasteiger partial charge is 0.379 e. The summed E-state index contributed by atoms with van der Waals surface area (Å²) < 4.78 is 18.9. The lowest BCUT2D eigenvalue weighted by atomic mass is 10.0. The zero-order valence-corrected chi connectivity index (χ0v) is 13.1. The molecule has 1 amide bonds. The van der Waals surface area contributed by atoms with Crippen LogP contribution in [0.4, 0.5) is 4.39 Å². The average molecular weight is 309 g/mol. The van der Waals surface area contributed by atoms with Gasteiger partial charge in [0.15, 0.2) is 0 Å². The van der Waals surface area contributed by atoms with Crippen molar-refractivity contribution in [3.05, 3.63) is 35.6 Å².